The van der Waals surface area contributed by atoms with Gasteiger partial charge in [0.05, 0.1) is 6.54 Å². The highest BCUT2D eigenvalue weighted by Crippen LogP contribution is 2.37. The lowest BCUT2D eigenvalue weighted by Gasteiger charge is -2.33. The van der Waals surface area contributed by atoms with Gasteiger partial charge in [-0.3, -0.25) is 0 Å². The van der Waals surface area contributed by atoms with Gasteiger partial charge in [0.1, 0.15) is 0 Å². The molecule has 2 rings (SSSR count). The summed E-state index contributed by atoms with van der Waals surface area (Å²) in [6, 6.07) is 3.53. The van der Waals surface area contributed by atoms with Crippen LogP contribution in [0.2, 0.25) is 0 Å². The summed E-state index contributed by atoms with van der Waals surface area (Å²) in [6.45, 7) is 2.41. The molecular formula is C27H46N5O2-. The molecule has 0 aromatic carbocycles. The van der Waals surface area contributed by atoms with Gasteiger partial charge in [0, 0.05) is 6.08 Å². The third kappa shape index (κ3) is 11.1. The number of hydrogen-bond acceptors (Lipinski definition) is 2. The number of aromatic nitrogens is 1. The number of carboxylic acid groups (broad SMARTS) is 1. The monoisotopic (exact) mass is 472 g/mol. The molecule has 1 aliphatic carbocycles. The Labute approximate surface area is 205 Å². The summed E-state index contributed by atoms with van der Waals surface area (Å²) < 4.78 is 0. The third-order valence-electron chi connectivity index (χ3n) is 7.11. The molecular weight excluding hydrogens is 426 g/mol. The molecule has 6 N–H and O–H groups in total. The molecule has 0 spiro atoms. The van der Waals surface area contributed by atoms with E-state index in [-0.39, 0.29) is 18.5 Å². The average molecular weight is 473 g/mol. The van der Waals surface area contributed by atoms with Gasteiger partial charge < -0.3 is 26.9 Å². The number of nitrogens with two attached hydrogens (primary N) is 2. The molecule has 1 heterocycles. The minimum absolute atomic E-state index is 0.0435. The van der Waals surface area contributed by atoms with Gasteiger partial charge in [-0.05, 0) is 36.3 Å². The molecule has 2 atom stereocenters. The van der Waals surface area contributed by atoms with Crippen molar-refractivity contribution in [2.24, 2.45) is 28.3 Å². The zero-order chi connectivity index (χ0) is 24.6. The fourth-order valence-corrected chi connectivity index (χ4v) is 5.27. The fourth-order valence-electron chi connectivity index (χ4n) is 5.27. The van der Waals surface area contributed by atoms with Crippen LogP contribution in [0, 0.1) is 11.8 Å². The first-order chi connectivity index (χ1) is 16.5. The number of nitrogens with one attached hydrogen (secondary N) is 1. The average Bonchev–Trinajstić information content (AvgIpc) is 3.33. The van der Waals surface area contributed by atoms with E-state index in [4.69, 9.17) is 16.8 Å². The number of H-pyrrole nitrogens is 1. The van der Waals surface area contributed by atoms with Crippen LogP contribution in [0.15, 0.2) is 35.0 Å². The number of aromatic amines is 1. The van der Waals surface area contributed by atoms with Crippen molar-refractivity contribution in [3.05, 3.63) is 35.3 Å². The molecule has 7 heteroatoms. The van der Waals surface area contributed by atoms with Gasteiger partial charge in [-0.25, -0.2) is 9.79 Å². The van der Waals surface area contributed by atoms with E-state index < -0.39 is 5.97 Å². The Morgan fingerprint density at radius 2 is 1.88 bits per heavy atom. The first-order valence-corrected chi connectivity index (χ1v) is 13.3. The van der Waals surface area contributed by atoms with Crippen LogP contribution >= 0.6 is 0 Å². The van der Waals surface area contributed by atoms with E-state index in [2.05, 4.69) is 16.9 Å². The summed E-state index contributed by atoms with van der Waals surface area (Å²) in [6.07, 6.45) is 20.7. The lowest BCUT2D eigenvalue weighted by atomic mass is 9.75. The van der Waals surface area contributed by atoms with Crippen molar-refractivity contribution < 1.29 is 9.90 Å². The first-order valence-electron chi connectivity index (χ1n) is 13.3. The highest BCUT2D eigenvalue weighted by molar-refractivity contribution is 5.81. The quantitative estimate of drug-likeness (QED) is 0.0903. The van der Waals surface area contributed by atoms with Crippen molar-refractivity contribution in [2.75, 3.05) is 6.54 Å². The highest BCUT2D eigenvalue weighted by atomic mass is 16.4. The normalized spacial score (nSPS) is 16.7. The largest absolute Gasteiger partial charge is 0.478 e. The zero-order valence-corrected chi connectivity index (χ0v) is 21.1. The smallest absolute Gasteiger partial charge is 0.328 e. The van der Waals surface area contributed by atoms with Crippen LogP contribution in [0.25, 0.3) is 5.32 Å². The van der Waals surface area contributed by atoms with E-state index in [1.54, 1.807) is 0 Å². The number of hydrogen-bond donors (Lipinski definition) is 4. The summed E-state index contributed by atoms with van der Waals surface area (Å²) in [4.78, 5) is 18.8. The van der Waals surface area contributed by atoms with E-state index in [0.717, 1.165) is 24.6 Å². The van der Waals surface area contributed by atoms with Gasteiger partial charge in [0.25, 0.3) is 0 Å². The van der Waals surface area contributed by atoms with Gasteiger partial charge in [-0.1, -0.05) is 108 Å². The zero-order valence-electron chi connectivity index (χ0n) is 21.1. The minimum atomic E-state index is -0.997. The fraction of sp³-hybridized carbons (Fsp3) is 0.704. The van der Waals surface area contributed by atoms with Crippen molar-refractivity contribution >= 4 is 17.7 Å². The maximum Gasteiger partial charge on any atom is 0.328 e. The maximum absolute atomic E-state index is 11.6. The number of aliphatic carboxylic acids is 1. The minimum Gasteiger partial charge on any atom is -0.478 e. The third-order valence-corrected chi connectivity index (χ3v) is 7.11. The van der Waals surface area contributed by atoms with Crippen LogP contribution in [0.1, 0.15) is 96.8 Å². The summed E-state index contributed by atoms with van der Waals surface area (Å²) in [7, 11) is 0. The van der Waals surface area contributed by atoms with Crippen LogP contribution < -0.4 is 11.5 Å². The number of aliphatic imine (C=N–C) groups is 1. The van der Waals surface area contributed by atoms with Crippen LogP contribution in [0.4, 0.5) is 5.82 Å². The molecule has 2 unspecified atom stereocenters. The number of carbonyl (C=O) groups is 1. The molecule has 1 aromatic heterocycles. The summed E-state index contributed by atoms with van der Waals surface area (Å²) >= 11 is 0. The Balaban J connectivity index is 2.09. The number of guanidine groups is 1. The van der Waals surface area contributed by atoms with Gasteiger partial charge >= 0.3 is 5.97 Å². The second-order valence-electron chi connectivity index (χ2n) is 9.79. The molecule has 0 saturated heterocycles. The van der Waals surface area contributed by atoms with Crippen molar-refractivity contribution in [1.82, 2.24) is 4.98 Å². The Morgan fingerprint density at radius 3 is 2.53 bits per heavy atom. The summed E-state index contributed by atoms with van der Waals surface area (Å²) in [5, 5.41) is 14.3. The molecule has 1 saturated carbocycles. The van der Waals surface area contributed by atoms with E-state index >= 15 is 0 Å². The second-order valence-corrected chi connectivity index (χ2v) is 9.79. The van der Waals surface area contributed by atoms with Crippen LogP contribution in [0.5, 0.6) is 0 Å². The maximum atomic E-state index is 11.6. The van der Waals surface area contributed by atoms with E-state index in [1.807, 2.05) is 18.3 Å². The Kier molecular flexibility index (Phi) is 13.3. The molecule has 1 fully saturated rings. The second kappa shape index (κ2) is 16.2. The molecule has 1 aromatic rings. The van der Waals surface area contributed by atoms with Gasteiger partial charge in [0.15, 0.2) is 5.96 Å². The highest BCUT2D eigenvalue weighted by Gasteiger charge is 2.24. The summed E-state index contributed by atoms with van der Waals surface area (Å²) in [5.74, 6) is 1.15. The lowest BCUT2D eigenvalue weighted by Crippen LogP contribution is -2.25. The Bertz CT molecular complexity index is 734. The topological polar surface area (TPSA) is 132 Å². The lowest BCUT2D eigenvalue weighted by molar-refractivity contribution is -0.131. The predicted octanol–water partition coefficient (Wildman–Crippen LogP) is 6.40. The number of carboxylic acids is 1. The van der Waals surface area contributed by atoms with Crippen LogP contribution in [-0.2, 0) is 4.79 Å². The van der Waals surface area contributed by atoms with Crippen molar-refractivity contribution in [3.63, 3.8) is 0 Å². The molecule has 192 valence electrons. The molecule has 0 radical (unpaired) electrons. The molecule has 0 amide bonds. The molecule has 7 nitrogen and oxygen atoms in total. The molecule has 1 aliphatic rings. The summed E-state index contributed by atoms with van der Waals surface area (Å²) in [5.41, 5.74) is 11.7. The van der Waals surface area contributed by atoms with Crippen LogP contribution in [-0.4, -0.2) is 34.6 Å². The SMILES string of the molecule is CCCCCCCCC(CCC([N-]c1ccc[nH]1)C(=CC(=O)O)CN=C(N)N)C1CCCCC1. The van der Waals surface area contributed by atoms with Gasteiger partial charge in [0.2, 0.25) is 0 Å². The first kappa shape index (κ1) is 27.8. The standard InChI is InChI=1S/C27H46N5O2/c1-2-3-4-5-6-8-14-22(21-12-9-7-10-13-21)16-17-24(32-25-15-11-18-30-25)23(19-26(33)34)20-31-27(28)29/h11,15,18-19,21-22,24,30H,2-10,12-14,16-17,20H2,1H3,(H,33,34)(H4,28,29,31)/q-1. The van der Waals surface area contributed by atoms with E-state index in [1.165, 1.54) is 83.1 Å². The molecule has 0 bridgehead atoms. The Morgan fingerprint density at radius 1 is 1.15 bits per heavy atom. The number of rotatable bonds is 17. The number of nitrogens with zero attached hydrogens (tertiary/aromatic N) is 2. The molecule has 34 heavy (non-hydrogen) atoms. The van der Waals surface area contributed by atoms with Gasteiger partial charge in [-0.2, -0.15) is 0 Å². The van der Waals surface area contributed by atoms with Crippen LogP contribution in [0.3, 0.4) is 0 Å². The number of unbranched alkanes of at least 4 members (excludes halogenated alkanes) is 5. The van der Waals surface area contributed by atoms with E-state index in [0.29, 0.717) is 11.5 Å². The van der Waals surface area contributed by atoms with E-state index in [9.17, 15) is 9.90 Å². The van der Waals surface area contributed by atoms with Crippen molar-refractivity contribution in [2.45, 2.75) is 103 Å². The molecule has 0 aliphatic heterocycles. The van der Waals surface area contributed by atoms with Crippen molar-refractivity contribution in [1.29, 1.82) is 0 Å². The van der Waals surface area contributed by atoms with Crippen molar-refractivity contribution in [3.8, 4) is 0 Å². The Hall–Kier alpha value is -2.44. The predicted molar refractivity (Wildman–Crippen MR) is 141 cm³/mol. The van der Waals surface area contributed by atoms with Gasteiger partial charge in [-0.15, -0.1) is 0 Å².